The Labute approximate surface area is 249 Å². The van der Waals surface area contributed by atoms with E-state index in [1.807, 2.05) is 36.4 Å². The molecule has 0 aliphatic rings. The van der Waals surface area contributed by atoms with E-state index in [0.717, 1.165) is 65.3 Å². The van der Waals surface area contributed by atoms with Crippen molar-refractivity contribution in [3.8, 4) is 11.5 Å². The molecule has 2 nitrogen and oxygen atoms in total. The van der Waals surface area contributed by atoms with Crippen LogP contribution in [0.5, 0.6) is 11.5 Å². The third-order valence-corrected chi connectivity index (χ3v) is 8.95. The van der Waals surface area contributed by atoms with Crippen LogP contribution in [0.4, 0.5) is 0 Å². The van der Waals surface area contributed by atoms with Crippen molar-refractivity contribution in [1.82, 2.24) is 0 Å². The van der Waals surface area contributed by atoms with Gasteiger partial charge in [0.1, 0.15) is 11.5 Å². The Kier molecular flexibility index (Phi) is 5.70. The van der Waals surface area contributed by atoms with Crippen molar-refractivity contribution in [2.45, 2.75) is 5.41 Å². The van der Waals surface area contributed by atoms with Crippen molar-refractivity contribution in [2.75, 3.05) is 0 Å². The van der Waals surface area contributed by atoms with E-state index in [4.69, 9.17) is 0 Å². The van der Waals surface area contributed by atoms with Crippen molar-refractivity contribution >= 4 is 43.1 Å². The summed E-state index contributed by atoms with van der Waals surface area (Å²) in [7, 11) is 0. The standard InChI is InChI=1S/C41H28O2/c42-37-25-23-29-13-3-7-19-33(29)39(37)41(35-21-9-15-27-11-1-5-17-31(27)35,36-22-10-16-28-12-2-6-18-32(28)36)40-34-20-8-4-14-30(34)24-26-38(40)43/h1-26,42-43H. The highest BCUT2D eigenvalue weighted by atomic mass is 16.3. The van der Waals surface area contributed by atoms with E-state index < -0.39 is 5.41 Å². The summed E-state index contributed by atoms with van der Waals surface area (Å²) in [6.45, 7) is 0. The van der Waals surface area contributed by atoms with E-state index in [9.17, 15) is 10.2 Å². The zero-order valence-corrected chi connectivity index (χ0v) is 23.4. The van der Waals surface area contributed by atoms with Crippen LogP contribution in [0.15, 0.2) is 158 Å². The molecule has 0 saturated carbocycles. The van der Waals surface area contributed by atoms with Crippen LogP contribution in [0.2, 0.25) is 0 Å². The summed E-state index contributed by atoms with van der Waals surface area (Å²) < 4.78 is 0. The maximum Gasteiger partial charge on any atom is 0.121 e. The highest BCUT2D eigenvalue weighted by Crippen LogP contribution is 2.57. The normalized spacial score (nSPS) is 11.9. The van der Waals surface area contributed by atoms with E-state index in [2.05, 4.69) is 109 Å². The Balaban J connectivity index is 1.75. The SMILES string of the molecule is Oc1ccc2ccccc2c1C(c1cccc2ccccc12)(c1cccc2ccccc12)c1c(O)ccc2ccccc12. The number of hydrogen-bond donors (Lipinski definition) is 2. The molecule has 0 atom stereocenters. The van der Waals surface area contributed by atoms with Gasteiger partial charge in [-0.3, -0.25) is 0 Å². The first kappa shape index (κ1) is 25.1. The van der Waals surface area contributed by atoms with Gasteiger partial charge in [0.2, 0.25) is 0 Å². The van der Waals surface area contributed by atoms with Crippen LogP contribution in [-0.4, -0.2) is 10.2 Å². The maximum absolute atomic E-state index is 12.2. The summed E-state index contributed by atoms with van der Waals surface area (Å²) in [6.07, 6.45) is 0. The molecule has 0 aliphatic heterocycles. The van der Waals surface area contributed by atoms with Gasteiger partial charge in [0.05, 0.1) is 5.41 Å². The van der Waals surface area contributed by atoms with Gasteiger partial charge in [-0.15, -0.1) is 0 Å². The lowest BCUT2D eigenvalue weighted by Crippen LogP contribution is -2.32. The second-order valence-corrected chi connectivity index (χ2v) is 11.2. The molecule has 0 aromatic heterocycles. The summed E-state index contributed by atoms with van der Waals surface area (Å²) >= 11 is 0. The first-order valence-corrected chi connectivity index (χ1v) is 14.6. The molecule has 0 fully saturated rings. The molecule has 8 aromatic rings. The smallest absolute Gasteiger partial charge is 0.121 e. The Morgan fingerprint density at radius 3 is 1.05 bits per heavy atom. The van der Waals surface area contributed by atoms with Crippen LogP contribution in [0, 0.1) is 0 Å². The predicted molar refractivity (Wildman–Crippen MR) is 178 cm³/mol. The molecule has 0 spiro atoms. The fraction of sp³-hybridized carbons (Fsp3) is 0.0244. The third kappa shape index (κ3) is 3.67. The highest BCUT2D eigenvalue weighted by Gasteiger charge is 2.46. The number of phenolic OH excluding ortho intramolecular Hbond substituents is 2. The van der Waals surface area contributed by atoms with Crippen LogP contribution < -0.4 is 0 Å². The molecule has 8 aromatic carbocycles. The van der Waals surface area contributed by atoms with Crippen LogP contribution >= 0.6 is 0 Å². The minimum Gasteiger partial charge on any atom is -0.508 e. The lowest BCUT2D eigenvalue weighted by atomic mass is 9.61. The Bertz CT molecular complexity index is 2160. The molecule has 204 valence electrons. The van der Waals surface area contributed by atoms with Crippen LogP contribution in [0.3, 0.4) is 0 Å². The molecule has 0 amide bonds. The average Bonchev–Trinajstić information content (AvgIpc) is 3.06. The van der Waals surface area contributed by atoms with Crippen molar-refractivity contribution in [3.05, 3.63) is 180 Å². The molecule has 0 bridgehead atoms. The minimum absolute atomic E-state index is 0.173. The summed E-state index contributed by atoms with van der Waals surface area (Å²) in [4.78, 5) is 0. The number of aromatic hydroxyl groups is 2. The Morgan fingerprint density at radius 1 is 0.302 bits per heavy atom. The second-order valence-electron chi connectivity index (χ2n) is 11.2. The molecule has 0 heterocycles. The van der Waals surface area contributed by atoms with Crippen molar-refractivity contribution in [3.63, 3.8) is 0 Å². The van der Waals surface area contributed by atoms with E-state index in [-0.39, 0.29) is 11.5 Å². The molecule has 0 unspecified atom stereocenters. The lowest BCUT2D eigenvalue weighted by Gasteiger charge is -2.40. The topological polar surface area (TPSA) is 40.5 Å². The summed E-state index contributed by atoms with van der Waals surface area (Å²) in [5.41, 5.74) is 2.33. The number of rotatable bonds is 4. The van der Waals surface area contributed by atoms with E-state index in [1.54, 1.807) is 12.1 Å². The number of phenols is 2. The van der Waals surface area contributed by atoms with Gasteiger partial charge >= 0.3 is 0 Å². The summed E-state index contributed by atoms with van der Waals surface area (Å²) in [5, 5.41) is 32.5. The van der Waals surface area contributed by atoms with Crippen molar-refractivity contribution in [1.29, 1.82) is 0 Å². The molecule has 43 heavy (non-hydrogen) atoms. The highest BCUT2D eigenvalue weighted by molar-refractivity contribution is 6.02. The van der Waals surface area contributed by atoms with Gasteiger partial charge in [0.25, 0.3) is 0 Å². The monoisotopic (exact) mass is 552 g/mol. The first-order valence-electron chi connectivity index (χ1n) is 14.6. The predicted octanol–water partition coefficient (Wildman–Crippen LogP) is 10.1. The van der Waals surface area contributed by atoms with Crippen molar-refractivity contribution in [2.24, 2.45) is 0 Å². The van der Waals surface area contributed by atoms with Crippen molar-refractivity contribution < 1.29 is 10.2 Å². The molecular weight excluding hydrogens is 524 g/mol. The van der Waals surface area contributed by atoms with Crippen LogP contribution in [0.25, 0.3) is 43.1 Å². The maximum atomic E-state index is 12.2. The van der Waals surface area contributed by atoms with E-state index >= 15 is 0 Å². The average molecular weight is 553 g/mol. The van der Waals surface area contributed by atoms with Gasteiger partial charge in [-0.25, -0.2) is 0 Å². The van der Waals surface area contributed by atoms with Gasteiger partial charge in [0.15, 0.2) is 0 Å². The number of benzene rings is 8. The molecule has 0 saturated heterocycles. The first-order chi connectivity index (χ1) is 21.2. The van der Waals surface area contributed by atoms with E-state index in [1.165, 1.54) is 0 Å². The molecule has 2 N–H and O–H groups in total. The molecular formula is C41H28O2. The largest absolute Gasteiger partial charge is 0.508 e. The number of fused-ring (bicyclic) bond motifs is 4. The minimum atomic E-state index is -1.13. The van der Waals surface area contributed by atoms with Gasteiger partial charge in [-0.2, -0.15) is 0 Å². The van der Waals surface area contributed by atoms with Crippen LogP contribution in [0.1, 0.15) is 22.3 Å². The molecule has 0 radical (unpaired) electrons. The lowest BCUT2D eigenvalue weighted by molar-refractivity contribution is 0.450. The van der Waals surface area contributed by atoms with Crippen LogP contribution in [-0.2, 0) is 5.41 Å². The zero-order valence-electron chi connectivity index (χ0n) is 23.4. The molecule has 8 rings (SSSR count). The van der Waals surface area contributed by atoms with Gasteiger partial charge < -0.3 is 10.2 Å². The Hall–Kier alpha value is -5.60. The van der Waals surface area contributed by atoms with Gasteiger partial charge in [-0.1, -0.05) is 146 Å². The second kappa shape index (κ2) is 9.75. The van der Waals surface area contributed by atoms with Gasteiger partial charge in [-0.05, 0) is 66.3 Å². The summed E-state index contributed by atoms with van der Waals surface area (Å²) in [5.74, 6) is 0.346. The number of hydrogen-bond acceptors (Lipinski definition) is 2. The fourth-order valence-corrected chi connectivity index (χ4v) is 7.22. The zero-order chi connectivity index (χ0) is 29.0. The third-order valence-electron chi connectivity index (χ3n) is 8.95. The quantitative estimate of drug-likeness (QED) is 0.213. The fourth-order valence-electron chi connectivity index (χ4n) is 7.22. The Morgan fingerprint density at radius 2 is 0.628 bits per heavy atom. The summed E-state index contributed by atoms with van der Waals surface area (Å²) in [6, 6.07) is 53.4. The molecule has 2 heteroatoms. The van der Waals surface area contributed by atoms with E-state index in [0.29, 0.717) is 0 Å². The molecule has 0 aliphatic carbocycles. The van der Waals surface area contributed by atoms with Gasteiger partial charge in [0, 0.05) is 11.1 Å².